The van der Waals surface area contributed by atoms with Crippen molar-refractivity contribution in [1.29, 1.82) is 0 Å². The van der Waals surface area contributed by atoms with Gasteiger partial charge in [-0.3, -0.25) is 9.59 Å². The number of aryl methyl sites for hydroxylation is 1. The van der Waals surface area contributed by atoms with E-state index >= 15 is 0 Å². The summed E-state index contributed by atoms with van der Waals surface area (Å²) in [6, 6.07) is 6.55. The van der Waals surface area contributed by atoms with Gasteiger partial charge in [-0.05, 0) is 62.8 Å². The summed E-state index contributed by atoms with van der Waals surface area (Å²) in [5, 5.41) is 3.82. The SMILES string of the molecule is Cc1nc(-c2ccc(F)cc2)sc1C(=O)N1CCC([C@@H](C)C(=O)NC2CC2)CC1. The van der Waals surface area contributed by atoms with Crippen molar-refractivity contribution in [1.82, 2.24) is 15.2 Å². The Balaban J connectivity index is 1.38. The number of nitrogens with one attached hydrogen (secondary N) is 1. The zero-order valence-electron chi connectivity index (χ0n) is 16.8. The Labute approximate surface area is 174 Å². The van der Waals surface area contributed by atoms with Crippen molar-refractivity contribution in [3.8, 4) is 10.6 Å². The monoisotopic (exact) mass is 415 g/mol. The van der Waals surface area contributed by atoms with Crippen LogP contribution in [0.15, 0.2) is 24.3 Å². The molecule has 1 aliphatic heterocycles. The first-order valence-electron chi connectivity index (χ1n) is 10.3. The zero-order chi connectivity index (χ0) is 20.5. The number of benzene rings is 1. The summed E-state index contributed by atoms with van der Waals surface area (Å²) in [5.74, 6) is 0.167. The Morgan fingerprint density at radius 1 is 1.17 bits per heavy atom. The summed E-state index contributed by atoms with van der Waals surface area (Å²) < 4.78 is 13.2. The van der Waals surface area contributed by atoms with Crippen LogP contribution in [0.4, 0.5) is 4.39 Å². The van der Waals surface area contributed by atoms with Gasteiger partial charge in [0.1, 0.15) is 15.7 Å². The standard InChI is InChI=1S/C22H26FN3O2S/c1-13(20(27)25-18-7-8-18)15-9-11-26(12-10-15)22(28)19-14(2)24-21(29-19)16-3-5-17(23)6-4-16/h3-6,13,15,18H,7-12H2,1-2H3,(H,25,27)/t13-/m1/s1. The molecule has 1 saturated heterocycles. The highest BCUT2D eigenvalue weighted by atomic mass is 32.1. The van der Waals surface area contributed by atoms with Crippen LogP contribution in [-0.2, 0) is 4.79 Å². The van der Waals surface area contributed by atoms with Crippen LogP contribution in [0.5, 0.6) is 0 Å². The molecule has 1 N–H and O–H groups in total. The minimum Gasteiger partial charge on any atom is -0.353 e. The van der Waals surface area contributed by atoms with E-state index in [1.54, 1.807) is 12.1 Å². The van der Waals surface area contributed by atoms with Crippen molar-refractivity contribution in [3.05, 3.63) is 40.7 Å². The lowest BCUT2D eigenvalue weighted by atomic mass is 9.84. The third-order valence-electron chi connectivity index (χ3n) is 5.95. The molecule has 1 aromatic heterocycles. The van der Waals surface area contributed by atoms with Crippen LogP contribution in [0.25, 0.3) is 10.6 Å². The highest BCUT2D eigenvalue weighted by Crippen LogP contribution is 2.31. The number of nitrogens with zero attached hydrogens (tertiary/aromatic N) is 2. The number of thiazole rings is 1. The van der Waals surface area contributed by atoms with E-state index in [4.69, 9.17) is 0 Å². The fourth-order valence-electron chi connectivity index (χ4n) is 3.83. The molecule has 0 unspecified atom stereocenters. The molecule has 1 saturated carbocycles. The van der Waals surface area contributed by atoms with Gasteiger partial charge in [0.05, 0.1) is 5.69 Å². The molecule has 7 heteroatoms. The van der Waals surface area contributed by atoms with E-state index in [1.807, 2.05) is 18.7 Å². The number of rotatable bonds is 5. The van der Waals surface area contributed by atoms with Crippen LogP contribution in [0.3, 0.4) is 0 Å². The molecule has 154 valence electrons. The van der Waals surface area contributed by atoms with E-state index in [0.29, 0.717) is 35.6 Å². The Hall–Kier alpha value is -2.28. The number of hydrogen-bond acceptors (Lipinski definition) is 4. The first kappa shape index (κ1) is 20.0. The topological polar surface area (TPSA) is 62.3 Å². The first-order valence-corrected chi connectivity index (χ1v) is 11.1. The number of carbonyl (C=O) groups excluding carboxylic acids is 2. The maximum Gasteiger partial charge on any atom is 0.265 e. The molecular weight excluding hydrogens is 389 g/mol. The molecule has 2 amide bonds. The summed E-state index contributed by atoms with van der Waals surface area (Å²) in [4.78, 5) is 32.4. The zero-order valence-corrected chi connectivity index (χ0v) is 17.6. The van der Waals surface area contributed by atoms with Gasteiger partial charge in [-0.15, -0.1) is 11.3 Å². The molecule has 2 aliphatic rings. The number of likely N-dealkylation sites (tertiary alicyclic amines) is 1. The van der Waals surface area contributed by atoms with Crippen LogP contribution in [0, 0.1) is 24.6 Å². The smallest absolute Gasteiger partial charge is 0.265 e. The van der Waals surface area contributed by atoms with Gasteiger partial charge in [0.25, 0.3) is 5.91 Å². The summed E-state index contributed by atoms with van der Waals surface area (Å²) in [5.41, 5.74) is 1.52. The molecule has 29 heavy (non-hydrogen) atoms. The number of piperidine rings is 1. The predicted molar refractivity (Wildman–Crippen MR) is 111 cm³/mol. The number of amides is 2. The van der Waals surface area contributed by atoms with Gasteiger partial charge in [0.2, 0.25) is 5.91 Å². The fraction of sp³-hybridized carbons (Fsp3) is 0.500. The minimum absolute atomic E-state index is 0.00176. The molecule has 2 aromatic rings. The van der Waals surface area contributed by atoms with Crippen molar-refractivity contribution in [2.75, 3.05) is 13.1 Å². The largest absolute Gasteiger partial charge is 0.353 e. The van der Waals surface area contributed by atoms with Crippen molar-refractivity contribution in [2.24, 2.45) is 11.8 Å². The van der Waals surface area contributed by atoms with E-state index < -0.39 is 0 Å². The lowest BCUT2D eigenvalue weighted by Crippen LogP contribution is -2.43. The second kappa shape index (κ2) is 8.22. The summed E-state index contributed by atoms with van der Waals surface area (Å²) >= 11 is 1.36. The number of aromatic nitrogens is 1. The Morgan fingerprint density at radius 2 is 1.83 bits per heavy atom. The van der Waals surface area contributed by atoms with E-state index in [0.717, 1.165) is 36.3 Å². The fourth-order valence-corrected chi connectivity index (χ4v) is 4.87. The van der Waals surface area contributed by atoms with Crippen molar-refractivity contribution < 1.29 is 14.0 Å². The van der Waals surface area contributed by atoms with E-state index in [9.17, 15) is 14.0 Å². The van der Waals surface area contributed by atoms with Crippen molar-refractivity contribution in [3.63, 3.8) is 0 Å². The van der Waals surface area contributed by atoms with Gasteiger partial charge >= 0.3 is 0 Å². The van der Waals surface area contributed by atoms with Crippen LogP contribution in [0.2, 0.25) is 0 Å². The molecule has 1 aliphatic carbocycles. The minimum atomic E-state index is -0.291. The second-order valence-electron chi connectivity index (χ2n) is 8.14. The molecule has 0 radical (unpaired) electrons. The lowest BCUT2D eigenvalue weighted by Gasteiger charge is -2.34. The van der Waals surface area contributed by atoms with Crippen molar-refractivity contribution in [2.45, 2.75) is 45.6 Å². The highest BCUT2D eigenvalue weighted by molar-refractivity contribution is 7.17. The molecule has 4 rings (SSSR count). The molecule has 5 nitrogen and oxygen atoms in total. The molecule has 0 spiro atoms. The Kier molecular flexibility index (Phi) is 5.67. The normalized spacial score (nSPS) is 18.5. The van der Waals surface area contributed by atoms with E-state index in [2.05, 4.69) is 10.3 Å². The summed E-state index contributed by atoms with van der Waals surface area (Å²) in [6.07, 6.45) is 3.88. The van der Waals surface area contributed by atoms with E-state index in [1.165, 1.54) is 23.5 Å². The first-order chi connectivity index (χ1) is 13.9. The third kappa shape index (κ3) is 4.50. The van der Waals surface area contributed by atoms with Gasteiger partial charge in [-0.1, -0.05) is 6.92 Å². The van der Waals surface area contributed by atoms with Crippen molar-refractivity contribution >= 4 is 23.2 Å². The lowest BCUT2D eigenvalue weighted by molar-refractivity contribution is -0.126. The Morgan fingerprint density at radius 3 is 2.45 bits per heavy atom. The van der Waals surface area contributed by atoms with Crippen LogP contribution < -0.4 is 5.32 Å². The number of halogens is 1. The number of hydrogen-bond donors (Lipinski definition) is 1. The van der Waals surface area contributed by atoms with Gasteiger partial charge in [0, 0.05) is 30.6 Å². The summed E-state index contributed by atoms with van der Waals surface area (Å²) in [7, 11) is 0. The molecule has 2 heterocycles. The van der Waals surface area contributed by atoms with Gasteiger partial charge in [-0.2, -0.15) is 0 Å². The molecular formula is C22H26FN3O2S. The number of carbonyl (C=O) groups is 2. The average Bonchev–Trinajstić information content (AvgIpc) is 3.46. The molecule has 1 aromatic carbocycles. The van der Waals surface area contributed by atoms with E-state index in [-0.39, 0.29) is 23.5 Å². The van der Waals surface area contributed by atoms with Gasteiger partial charge in [0.15, 0.2) is 0 Å². The molecule has 2 fully saturated rings. The van der Waals surface area contributed by atoms with Gasteiger partial charge < -0.3 is 10.2 Å². The Bertz CT molecular complexity index is 899. The third-order valence-corrected chi connectivity index (χ3v) is 7.15. The maximum absolute atomic E-state index is 13.2. The maximum atomic E-state index is 13.2. The predicted octanol–water partition coefficient (Wildman–Crippen LogP) is 4.02. The van der Waals surface area contributed by atoms with Crippen LogP contribution in [-0.4, -0.2) is 40.8 Å². The average molecular weight is 416 g/mol. The quantitative estimate of drug-likeness (QED) is 0.802. The second-order valence-corrected chi connectivity index (χ2v) is 9.14. The molecule has 0 bridgehead atoms. The molecule has 1 atom stereocenters. The van der Waals surface area contributed by atoms with Crippen LogP contribution in [0.1, 0.15) is 48.0 Å². The van der Waals surface area contributed by atoms with Crippen LogP contribution >= 0.6 is 11.3 Å². The summed E-state index contributed by atoms with van der Waals surface area (Å²) in [6.45, 7) is 5.16. The van der Waals surface area contributed by atoms with Gasteiger partial charge in [-0.25, -0.2) is 9.37 Å². The highest BCUT2D eigenvalue weighted by Gasteiger charge is 2.33.